The quantitative estimate of drug-likeness (QED) is 0.658. The largest absolute Gasteiger partial charge is 0.394 e. The molecule has 0 aliphatic rings. The molecule has 4 heteroatoms. The van der Waals surface area contributed by atoms with Gasteiger partial charge in [0.25, 0.3) is 0 Å². The summed E-state index contributed by atoms with van der Waals surface area (Å²) in [6, 6.07) is 8.44. The van der Waals surface area contributed by atoms with E-state index in [0.29, 0.717) is 0 Å². The van der Waals surface area contributed by atoms with E-state index in [4.69, 9.17) is 0 Å². The fourth-order valence-electron chi connectivity index (χ4n) is 1.77. The highest BCUT2D eigenvalue weighted by Crippen LogP contribution is 1.99. The van der Waals surface area contributed by atoms with Gasteiger partial charge >= 0.3 is 0 Å². The zero-order valence-corrected chi connectivity index (χ0v) is 13.4. The molecule has 0 aliphatic heterocycles. The summed E-state index contributed by atoms with van der Waals surface area (Å²) in [4.78, 5) is 0. The minimum Gasteiger partial charge on any atom is -0.394 e. The summed E-state index contributed by atoms with van der Waals surface area (Å²) in [5, 5.41) is 21.0. The van der Waals surface area contributed by atoms with Gasteiger partial charge in [0.1, 0.15) is 0 Å². The van der Waals surface area contributed by atoms with Crippen molar-refractivity contribution in [2.45, 2.75) is 38.1 Å². The molecule has 0 saturated carbocycles. The lowest BCUT2D eigenvalue weighted by Crippen LogP contribution is -2.39. The maximum atomic E-state index is 9.76. The lowest BCUT2D eigenvalue weighted by atomic mass is 10.4. The minimum absolute atomic E-state index is 0.519. The van der Waals surface area contributed by atoms with E-state index in [2.05, 4.69) is 24.3 Å². The summed E-state index contributed by atoms with van der Waals surface area (Å²) in [5.74, 6) is 0. The molecule has 0 saturated heterocycles. The van der Waals surface area contributed by atoms with Crippen molar-refractivity contribution in [2.75, 3.05) is 0 Å². The van der Waals surface area contributed by atoms with Crippen LogP contribution in [0.25, 0.3) is 0 Å². The average molecular weight is 254 g/mol. The third-order valence-corrected chi connectivity index (χ3v) is 5.79. The van der Waals surface area contributed by atoms with Crippen molar-refractivity contribution in [3.05, 3.63) is 24.3 Å². The van der Waals surface area contributed by atoms with Gasteiger partial charge in [0.05, 0.1) is 19.0 Å². The Morgan fingerprint density at radius 2 is 1.00 bits per heavy atom. The topological polar surface area (TPSA) is 40.5 Å². The molecule has 2 N–H and O–H groups in total. The zero-order chi connectivity index (χ0) is 12.4. The number of benzene rings is 1. The first-order chi connectivity index (χ1) is 7.16. The Morgan fingerprint density at radius 1 is 0.750 bits per heavy atom. The second-order valence-corrected chi connectivity index (χ2v) is 11.6. The first-order valence-electron chi connectivity index (χ1n) is 5.68. The van der Waals surface area contributed by atoms with E-state index in [1.165, 1.54) is 10.4 Å². The lowest BCUT2D eigenvalue weighted by molar-refractivity contribution is 0.166. The van der Waals surface area contributed by atoms with Crippen LogP contribution in [-0.2, 0) is 0 Å². The Balaban J connectivity index is 2.69. The molecule has 1 aromatic carbocycles. The van der Waals surface area contributed by atoms with Crippen LogP contribution in [0.15, 0.2) is 24.3 Å². The summed E-state index contributed by atoms with van der Waals surface area (Å²) in [7, 11) is -1.24. The van der Waals surface area contributed by atoms with Crippen LogP contribution >= 0.6 is 0 Å². The smallest absolute Gasteiger partial charge is 0.0915 e. The SMILES string of the molecule is CC(C)(O)[SiH2]c1ccc([SiH2]C(C)(C)O)cc1. The summed E-state index contributed by atoms with van der Waals surface area (Å²) >= 11 is 0. The van der Waals surface area contributed by atoms with Crippen LogP contribution in [0.3, 0.4) is 0 Å². The van der Waals surface area contributed by atoms with Crippen LogP contribution < -0.4 is 10.4 Å². The second-order valence-electron chi connectivity index (χ2n) is 5.79. The van der Waals surface area contributed by atoms with Gasteiger partial charge in [0, 0.05) is 10.4 Å². The Morgan fingerprint density at radius 3 is 1.19 bits per heavy atom. The van der Waals surface area contributed by atoms with E-state index in [1.807, 2.05) is 27.7 Å². The van der Waals surface area contributed by atoms with Crippen molar-refractivity contribution in [3.8, 4) is 0 Å². The average Bonchev–Trinajstić information content (AvgIpc) is 2.03. The molecular formula is C12H22O2Si2. The summed E-state index contributed by atoms with van der Waals surface area (Å²) in [6.45, 7) is 7.49. The Kier molecular flexibility index (Phi) is 4.12. The van der Waals surface area contributed by atoms with Crippen molar-refractivity contribution in [1.82, 2.24) is 0 Å². The molecule has 0 unspecified atom stereocenters. The molecule has 0 aliphatic carbocycles. The van der Waals surface area contributed by atoms with Crippen LogP contribution in [0.5, 0.6) is 0 Å². The van der Waals surface area contributed by atoms with Gasteiger partial charge in [-0.15, -0.1) is 0 Å². The molecule has 0 aromatic heterocycles. The molecule has 1 aromatic rings. The van der Waals surface area contributed by atoms with Gasteiger partial charge in [0.2, 0.25) is 0 Å². The third kappa shape index (κ3) is 5.60. The zero-order valence-electron chi connectivity index (χ0n) is 10.6. The molecular weight excluding hydrogens is 232 g/mol. The monoisotopic (exact) mass is 254 g/mol. The number of rotatable bonds is 4. The Labute approximate surface area is 102 Å². The molecule has 16 heavy (non-hydrogen) atoms. The molecule has 0 atom stereocenters. The van der Waals surface area contributed by atoms with Crippen LogP contribution in [0.2, 0.25) is 0 Å². The van der Waals surface area contributed by atoms with E-state index >= 15 is 0 Å². The summed E-state index contributed by atoms with van der Waals surface area (Å²) in [6.07, 6.45) is 0. The summed E-state index contributed by atoms with van der Waals surface area (Å²) in [5.41, 5.74) is 0. The molecule has 0 fully saturated rings. The predicted octanol–water partition coefficient (Wildman–Crippen LogP) is -1.27. The van der Waals surface area contributed by atoms with E-state index in [1.54, 1.807) is 0 Å². The van der Waals surface area contributed by atoms with Gasteiger partial charge in [-0.05, 0) is 27.7 Å². The molecule has 1 rings (SSSR count). The fraction of sp³-hybridized carbons (Fsp3) is 0.500. The van der Waals surface area contributed by atoms with Gasteiger partial charge in [0.15, 0.2) is 0 Å². The van der Waals surface area contributed by atoms with Crippen LogP contribution in [0, 0.1) is 0 Å². The van der Waals surface area contributed by atoms with E-state index < -0.39 is 29.5 Å². The first kappa shape index (κ1) is 13.6. The van der Waals surface area contributed by atoms with Crippen molar-refractivity contribution >= 4 is 29.4 Å². The third-order valence-electron chi connectivity index (χ3n) is 2.30. The highest BCUT2D eigenvalue weighted by Gasteiger charge is 2.16. The maximum Gasteiger partial charge on any atom is 0.0915 e. The van der Waals surface area contributed by atoms with Crippen LogP contribution in [0.4, 0.5) is 0 Å². The highest BCUT2D eigenvalue weighted by molar-refractivity contribution is 6.58. The van der Waals surface area contributed by atoms with Crippen molar-refractivity contribution < 1.29 is 10.2 Å². The van der Waals surface area contributed by atoms with Gasteiger partial charge in [-0.25, -0.2) is 0 Å². The molecule has 0 bridgehead atoms. The van der Waals surface area contributed by atoms with E-state index in [-0.39, 0.29) is 0 Å². The highest BCUT2D eigenvalue weighted by atomic mass is 28.2. The Bertz CT molecular complexity index is 299. The lowest BCUT2D eigenvalue weighted by Gasteiger charge is -2.18. The van der Waals surface area contributed by atoms with Gasteiger partial charge in [-0.3, -0.25) is 0 Å². The van der Waals surface area contributed by atoms with E-state index in [9.17, 15) is 10.2 Å². The van der Waals surface area contributed by atoms with Crippen LogP contribution in [0.1, 0.15) is 27.7 Å². The molecule has 2 nitrogen and oxygen atoms in total. The summed E-state index contributed by atoms with van der Waals surface area (Å²) < 4.78 is 0. The molecule has 90 valence electrons. The molecule has 0 radical (unpaired) electrons. The second kappa shape index (κ2) is 4.83. The normalized spacial score (nSPS) is 14.4. The maximum absolute atomic E-state index is 9.76. The molecule has 0 spiro atoms. The Hall–Kier alpha value is -0.426. The molecule has 0 amide bonds. The van der Waals surface area contributed by atoms with Crippen LogP contribution in [-0.4, -0.2) is 39.7 Å². The van der Waals surface area contributed by atoms with Crippen molar-refractivity contribution in [2.24, 2.45) is 0 Å². The molecule has 0 heterocycles. The van der Waals surface area contributed by atoms with Gasteiger partial charge < -0.3 is 10.2 Å². The number of hydrogen-bond donors (Lipinski definition) is 2. The fourth-order valence-corrected chi connectivity index (χ4v) is 4.71. The van der Waals surface area contributed by atoms with Crippen molar-refractivity contribution in [1.29, 1.82) is 0 Å². The first-order valence-corrected chi connectivity index (χ1v) is 8.51. The van der Waals surface area contributed by atoms with Gasteiger partial charge in [-0.2, -0.15) is 0 Å². The predicted molar refractivity (Wildman–Crippen MR) is 75.4 cm³/mol. The number of aliphatic hydroxyl groups is 2. The van der Waals surface area contributed by atoms with Gasteiger partial charge in [-0.1, -0.05) is 34.6 Å². The van der Waals surface area contributed by atoms with E-state index in [0.717, 1.165) is 0 Å². The minimum atomic E-state index is -0.622. The van der Waals surface area contributed by atoms with Crippen molar-refractivity contribution in [3.63, 3.8) is 0 Å². The standard InChI is InChI=1S/C12H22O2Si2/c1-11(2,13)15-9-5-7-10(8-6-9)16-12(3,4)14/h5-8,13-14H,15-16H2,1-4H3. The number of hydrogen-bond acceptors (Lipinski definition) is 2.